The Bertz CT molecular complexity index is 1220. The molecule has 1 aromatic heterocycles. The molecular weight excluding hydrogens is 485 g/mol. The number of aromatic nitrogens is 1. The van der Waals surface area contributed by atoms with E-state index in [1.165, 1.54) is 17.8 Å². The van der Waals surface area contributed by atoms with Crippen molar-refractivity contribution in [2.75, 3.05) is 6.54 Å². The summed E-state index contributed by atoms with van der Waals surface area (Å²) in [6.45, 7) is 6.38. The zero-order chi connectivity index (χ0) is 27.1. The van der Waals surface area contributed by atoms with Gasteiger partial charge in [-0.1, -0.05) is 38.5 Å². The largest absolute Gasteiger partial charge is 0.337 e. The lowest BCUT2D eigenvalue weighted by atomic mass is 9.78. The van der Waals surface area contributed by atoms with Gasteiger partial charge in [-0.05, 0) is 91.2 Å². The molecule has 0 unspecified atom stereocenters. The smallest absolute Gasteiger partial charge is 0.272 e. The van der Waals surface area contributed by atoms with Crippen molar-refractivity contribution < 1.29 is 18.0 Å². The molecule has 6 heteroatoms. The maximum absolute atomic E-state index is 13.6. The van der Waals surface area contributed by atoms with Crippen molar-refractivity contribution in [1.82, 2.24) is 9.88 Å². The molecule has 2 heterocycles. The molecule has 38 heavy (non-hydrogen) atoms. The maximum Gasteiger partial charge on any atom is 0.272 e. The Morgan fingerprint density at radius 2 is 2.00 bits per heavy atom. The molecule has 0 bridgehead atoms. The lowest BCUT2D eigenvalue weighted by Crippen LogP contribution is -2.46. The Morgan fingerprint density at radius 1 is 1.18 bits per heavy atom. The van der Waals surface area contributed by atoms with E-state index in [9.17, 15) is 18.0 Å². The third-order valence-electron chi connectivity index (χ3n) is 9.26. The van der Waals surface area contributed by atoms with Crippen molar-refractivity contribution >= 4 is 12.0 Å². The molecule has 0 saturated heterocycles. The minimum atomic E-state index is -2.90. The highest BCUT2D eigenvalue weighted by molar-refractivity contribution is 5.84. The summed E-state index contributed by atoms with van der Waals surface area (Å²) in [6.07, 6.45) is 13.9. The van der Waals surface area contributed by atoms with E-state index in [2.05, 4.69) is 31.0 Å². The number of halogens is 3. The quantitative estimate of drug-likeness (QED) is 0.398. The number of carbonyl (C=O) groups excluding carboxylic acids is 1. The van der Waals surface area contributed by atoms with Crippen LogP contribution in [-0.2, 0) is 23.7 Å². The van der Waals surface area contributed by atoms with E-state index in [4.69, 9.17) is 0 Å². The summed E-state index contributed by atoms with van der Waals surface area (Å²) >= 11 is 0. The predicted molar refractivity (Wildman–Crippen MR) is 144 cm³/mol. The van der Waals surface area contributed by atoms with Gasteiger partial charge in [0, 0.05) is 43.9 Å². The van der Waals surface area contributed by atoms with Gasteiger partial charge in [-0.25, -0.2) is 13.2 Å². The highest BCUT2D eigenvalue weighted by Crippen LogP contribution is 2.57. The summed E-state index contributed by atoms with van der Waals surface area (Å²) in [6, 6.07) is 6.60. The Morgan fingerprint density at radius 3 is 2.79 bits per heavy atom. The van der Waals surface area contributed by atoms with Gasteiger partial charge in [-0.15, -0.1) is 0 Å². The SMILES string of the molecule is C[C@@H]1CCC=Cc2ccc(F)cc21.C[C@@H]1C[C@H]2CCC[C@@]2(C(=O)N2CCc3ncc(C(C)(F)F)cc3C2)C1. The molecule has 2 saturated carbocycles. The van der Waals surface area contributed by atoms with E-state index in [1.54, 1.807) is 12.1 Å². The zero-order valence-electron chi connectivity index (χ0n) is 22.8. The average Bonchev–Trinajstić information content (AvgIpc) is 3.36. The van der Waals surface area contributed by atoms with Gasteiger partial charge < -0.3 is 4.90 Å². The first kappa shape index (κ1) is 27.0. The standard InChI is InChI=1S/C20H26F2N2O.C12H13F/c1-13-8-15-4-3-6-20(15,10-13)18(25)24-7-5-17-14(12-24)9-16(11-23-17)19(2,21)22;1-9-4-2-3-5-10-6-7-11(13)8-12(9)10/h9,11,13,15H,3-8,10,12H2,1-2H3;3,5-9H,2,4H2,1H3/t13-,15-,20-;9-/m11/s1. The molecule has 1 aromatic carbocycles. The number of rotatable bonds is 2. The molecule has 4 aliphatic rings. The van der Waals surface area contributed by atoms with Crippen molar-refractivity contribution in [1.29, 1.82) is 0 Å². The number of allylic oxidation sites excluding steroid dienone is 1. The first-order valence-electron chi connectivity index (χ1n) is 14.2. The first-order valence-corrected chi connectivity index (χ1v) is 14.2. The molecule has 1 aliphatic heterocycles. The van der Waals surface area contributed by atoms with Crippen LogP contribution in [0.3, 0.4) is 0 Å². The van der Waals surface area contributed by atoms with Gasteiger partial charge >= 0.3 is 0 Å². The second-order valence-electron chi connectivity index (χ2n) is 12.1. The molecule has 204 valence electrons. The highest BCUT2D eigenvalue weighted by Gasteiger charge is 2.55. The van der Waals surface area contributed by atoms with Crippen LogP contribution in [0.15, 0.2) is 36.5 Å². The van der Waals surface area contributed by atoms with E-state index in [-0.39, 0.29) is 22.7 Å². The minimum Gasteiger partial charge on any atom is -0.337 e. The van der Waals surface area contributed by atoms with Gasteiger partial charge in [-0.3, -0.25) is 9.78 Å². The van der Waals surface area contributed by atoms with E-state index >= 15 is 0 Å². The number of benzene rings is 1. The molecule has 4 atom stereocenters. The number of carbonyl (C=O) groups is 1. The van der Waals surface area contributed by atoms with Gasteiger partial charge in [0.25, 0.3) is 5.92 Å². The van der Waals surface area contributed by atoms with Crippen LogP contribution in [0, 0.1) is 23.1 Å². The number of fused-ring (bicyclic) bond motifs is 3. The molecule has 0 spiro atoms. The first-order chi connectivity index (χ1) is 18.1. The predicted octanol–water partition coefficient (Wildman–Crippen LogP) is 8.03. The monoisotopic (exact) mass is 524 g/mol. The normalized spacial score (nSPS) is 28.1. The molecule has 1 amide bonds. The summed E-state index contributed by atoms with van der Waals surface area (Å²) < 4.78 is 40.2. The summed E-state index contributed by atoms with van der Waals surface area (Å²) in [7, 11) is 0. The second-order valence-corrected chi connectivity index (χ2v) is 12.1. The molecule has 0 N–H and O–H groups in total. The average molecular weight is 525 g/mol. The molecule has 6 rings (SSSR count). The number of alkyl halides is 2. The molecule has 0 radical (unpaired) electrons. The van der Waals surface area contributed by atoms with Crippen LogP contribution in [0.2, 0.25) is 0 Å². The molecule has 2 aromatic rings. The fraction of sp³-hybridized carbons (Fsp3) is 0.562. The number of hydrogen-bond acceptors (Lipinski definition) is 2. The van der Waals surface area contributed by atoms with Crippen molar-refractivity contribution in [3.05, 3.63) is 70.3 Å². The summed E-state index contributed by atoms with van der Waals surface area (Å²) in [5.41, 5.74) is 3.72. The fourth-order valence-electron chi connectivity index (χ4n) is 7.31. The molecule has 3 nitrogen and oxygen atoms in total. The number of nitrogens with zero attached hydrogens (tertiary/aromatic N) is 2. The van der Waals surface area contributed by atoms with Crippen molar-refractivity contribution in [2.24, 2.45) is 17.3 Å². The van der Waals surface area contributed by atoms with Crippen LogP contribution >= 0.6 is 0 Å². The lowest BCUT2D eigenvalue weighted by molar-refractivity contribution is -0.144. The van der Waals surface area contributed by atoms with E-state index in [1.807, 2.05) is 11.0 Å². The van der Waals surface area contributed by atoms with Crippen LogP contribution in [0.4, 0.5) is 13.2 Å². The van der Waals surface area contributed by atoms with Crippen LogP contribution in [0.5, 0.6) is 0 Å². The van der Waals surface area contributed by atoms with Crippen LogP contribution in [-0.4, -0.2) is 22.3 Å². The topological polar surface area (TPSA) is 33.2 Å². The van der Waals surface area contributed by atoms with Gasteiger partial charge in [0.15, 0.2) is 0 Å². The second kappa shape index (κ2) is 10.5. The van der Waals surface area contributed by atoms with Crippen molar-refractivity contribution in [3.63, 3.8) is 0 Å². The Kier molecular flexibility index (Phi) is 7.45. The fourth-order valence-corrected chi connectivity index (χ4v) is 7.31. The summed E-state index contributed by atoms with van der Waals surface area (Å²) in [5, 5.41) is 0. The summed E-state index contributed by atoms with van der Waals surface area (Å²) in [4.78, 5) is 19.5. The summed E-state index contributed by atoms with van der Waals surface area (Å²) in [5.74, 6) is -1.16. The number of pyridine rings is 1. The van der Waals surface area contributed by atoms with Gasteiger partial charge in [0.05, 0.1) is 5.41 Å². The lowest BCUT2D eigenvalue weighted by Gasteiger charge is -2.37. The van der Waals surface area contributed by atoms with Crippen molar-refractivity contribution in [3.8, 4) is 0 Å². The van der Waals surface area contributed by atoms with Gasteiger partial charge in [0.2, 0.25) is 5.91 Å². The van der Waals surface area contributed by atoms with Crippen LogP contribution < -0.4 is 0 Å². The Labute approximate surface area is 224 Å². The van der Waals surface area contributed by atoms with Gasteiger partial charge in [0.1, 0.15) is 5.82 Å². The maximum atomic E-state index is 13.6. The molecule has 2 fully saturated rings. The third kappa shape index (κ3) is 5.28. The minimum absolute atomic E-state index is 0.0630. The number of hydrogen-bond donors (Lipinski definition) is 0. The Balaban J connectivity index is 0.000000190. The van der Waals surface area contributed by atoms with Crippen LogP contribution in [0.25, 0.3) is 6.08 Å². The molecule has 3 aliphatic carbocycles. The number of amides is 1. The van der Waals surface area contributed by atoms with Gasteiger partial charge in [-0.2, -0.15) is 0 Å². The third-order valence-corrected chi connectivity index (χ3v) is 9.26. The van der Waals surface area contributed by atoms with E-state index < -0.39 is 5.92 Å². The molecular formula is C32H39F3N2O. The Hall–Kier alpha value is -2.63. The van der Waals surface area contributed by atoms with Crippen molar-refractivity contribution in [2.45, 2.75) is 90.5 Å². The van der Waals surface area contributed by atoms with E-state index in [0.717, 1.165) is 68.7 Å². The zero-order valence-corrected chi connectivity index (χ0v) is 22.8. The van der Waals surface area contributed by atoms with Crippen LogP contribution in [0.1, 0.15) is 99.6 Å². The highest BCUT2D eigenvalue weighted by atomic mass is 19.3. The van der Waals surface area contributed by atoms with E-state index in [0.29, 0.717) is 37.3 Å².